The van der Waals surface area contributed by atoms with Crippen molar-refractivity contribution in [3.8, 4) is 5.88 Å². The number of aromatic hydroxyl groups is 1. The molecule has 3 aromatic rings. The van der Waals surface area contributed by atoms with E-state index in [1.165, 1.54) is 53.4 Å². The van der Waals surface area contributed by atoms with Crippen LogP contribution < -0.4 is 0 Å². The van der Waals surface area contributed by atoms with Gasteiger partial charge in [0.1, 0.15) is 6.33 Å². The summed E-state index contributed by atoms with van der Waals surface area (Å²) < 4.78 is 1.54. The van der Waals surface area contributed by atoms with Crippen LogP contribution in [0.25, 0.3) is 4.96 Å². The number of aromatic nitrogens is 3. The first kappa shape index (κ1) is 14.7. The minimum atomic E-state index is 0.0720. The lowest BCUT2D eigenvalue weighted by atomic mass is 10.0. The highest BCUT2D eigenvalue weighted by Gasteiger charge is 2.29. The lowest BCUT2D eigenvalue weighted by Crippen LogP contribution is -2.30. The van der Waals surface area contributed by atoms with Gasteiger partial charge in [0.05, 0.1) is 10.9 Å². The van der Waals surface area contributed by atoms with E-state index >= 15 is 0 Å². The van der Waals surface area contributed by atoms with Crippen LogP contribution in [0.1, 0.15) is 42.2 Å². The molecule has 5 nitrogen and oxygen atoms in total. The van der Waals surface area contributed by atoms with Gasteiger partial charge in [-0.05, 0) is 31.5 Å². The summed E-state index contributed by atoms with van der Waals surface area (Å²) in [4.78, 5) is 8.41. The van der Waals surface area contributed by atoms with Crippen LogP contribution in [0, 0.1) is 0 Å². The van der Waals surface area contributed by atoms with Crippen molar-refractivity contribution in [2.24, 2.45) is 0 Å². The summed E-state index contributed by atoms with van der Waals surface area (Å²) in [6, 6.07) is 10.5. The number of rotatable bonds is 3. The maximum absolute atomic E-state index is 10.7. The zero-order valence-corrected chi connectivity index (χ0v) is 13.7. The molecule has 1 N–H and O–H groups in total. The molecule has 0 amide bonds. The number of benzene rings is 1. The van der Waals surface area contributed by atoms with Gasteiger partial charge in [-0.1, -0.05) is 54.5 Å². The van der Waals surface area contributed by atoms with E-state index in [0.717, 1.165) is 22.9 Å². The van der Waals surface area contributed by atoms with Crippen molar-refractivity contribution >= 4 is 16.3 Å². The molecule has 0 unspecified atom stereocenters. The Morgan fingerprint density at radius 3 is 2.48 bits per heavy atom. The molecule has 4 rings (SSSR count). The Morgan fingerprint density at radius 1 is 1.04 bits per heavy atom. The minimum absolute atomic E-state index is 0.0720. The third kappa shape index (κ3) is 2.72. The molecule has 120 valence electrons. The van der Waals surface area contributed by atoms with Crippen LogP contribution in [0.5, 0.6) is 5.88 Å². The molecule has 3 heterocycles. The normalized spacial score (nSPS) is 18.1. The lowest BCUT2D eigenvalue weighted by molar-refractivity contribution is 0.233. The topological polar surface area (TPSA) is 53.7 Å². The van der Waals surface area contributed by atoms with E-state index in [0.29, 0.717) is 0 Å². The maximum Gasteiger partial charge on any atom is 0.230 e. The summed E-state index contributed by atoms with van der Waals surface area (Å²) >= 11 is 1.53. The molecule has 0 saturated carbocycles. The van der Waals surface area contributed by atoms with E-state index in [4.69, 9.17) is 0 Å². The first-order chi connectivity index (χ1) is 11.3. The second-order valence-corrected chi connectivity index (χ2v) is 7.02. The highest BCUT2D eigenvalue weighted by Crippen LogP contribution is 2.40. The van der Waals surface area contributed by atoms with Crippen LogP contribution in [0.3, 0.4) is 0 Å². The van der Waals surface area contributed by atoms with Gasteiger partial charge in [-0.3, -0.25) is 4.90 Å². The molecular weight excluding hydrogens is 308 g/mol. The molecule has 0 bridgehead atoms. The van der Waals surface area contributed by atoms with Gasteiger partial charge in [0.15, 0.2) is 0 Å². The van der Waals surface area contributed by atoms with E-state index in [2.05, 4.69) is 39.2 Å². The monoisotopic (exact) mass is 328 g/mol. The largest absolute Gasteiger partial charge is 0.492 e. The van der Waals surface area contributed by atoms with Gasteiger partial charge in [0.2, 0.25) is 10.8 Å². The maximum atomic E-state index is 10.7. The third-order valence-corrected chi connectivity index (χ3v) is 5.59. The second-order valence-electron chi connectivity index (χ2n) is 6.01. The Hall–Kier alpha value is -1.92. The van der Waals surface area contributed by atoms with Crippen molar-refractivity contribution < 1.29 is 5.11 Å². The van der Waals surface area contributed by atoms with Crippen molar-refractivity contribution in [1.29, 1.82) is 0 Å². The van der Waals surface area contributed by atoms with Crippen LogP contribution in [-0.4, -0.2) is 37.7 Å². The summed E-state index contributed by atoms with van der Waals surface area (Å²) in [5.74, 6) is 0.223. The molecule has 1 aliphatic rings. The molecule has 0 spiro atoms. The highest BCUT2D eigenvalue weighted by molar-refractivity contribution is 7.17. The fraction of sp³-hybridized carbons (Fsp3) is 0.412. The van der Waals surface area contributed by atoms with Crippen LogP contribution >= 0.6 is 11.3 Å². The summed E-state index contributed by atoms with van der Waals surface area (Å²) in [6.45, 7) is 2.12. The standard InChI is InChI=1S/C17H20N4OS/c22-16-15(23-17-18-12-19-21(16)17)14(13-8-4-3-5-9-13)20-10-6-1-2-7-11-20/h3-5,8-9,12,14,22H,1-2,6-7,10-11H2/t14-/m1/s1. The van der Waals surface area contributed by atoms with E-state index < -0.39 is 0 Å². The minimum Gasteiger partial charge on any atom is -0.492 e. The van der Waals surface area contributed by atoms with Gasteiger partial charge in [-0.15, -0.1) is 0 Å². The molecule has 1 fully saturated rings. The van der Waals surface area contributed by atoms with Crippen LogP contribution in [0.2, 0.25) is 0 Å². The Balaban J connectivity index is 1.80. The Morgan fingerprint density at radius 2 is 1.78 bits per heavy atom. The molecule has 0 aliphatic carbocycles. The molecule has 1 saturated heterocycles. The summed E-state index contributed by atoms with van der Waals surface area (Å²) in [7, 11) is 0. The summed E-state index contributed by atoms with van der Waals surface area (Å²) in [6.07, 6.45) is 6.49. The predicted molar refractivity (Wildman–Crippen MR) is 90.9 cm³/mol. The molecule has 1 aliphatic heterocycles. The zero-order chi connectivity index (χ0) is 15.6. The average Bonchev–Trinajstić information content (AvgIpc) is 3.04. The van der Waals surface area contributed by atoms with Crippen molar-refractivity contribution in [3.63, 3.8) is 0 Å². The first-order valence-corrected chi connectivity index (χ1v) is 8.96. The molecule has 1 atom stereocenters. The Labute approximate surface area is 139 Å². The number of likely N-dealkylation sites (tertiary alicyclic amines) is 1. The van der Waals surface area contributed by atoms with Gasteiger partial charge in [-0.25, -0.2) is 4.98 Å². The SMILES string of the molecule is Oc1c([C@@H](c2ccccc2)N2CCCCCC2)sc2ncnn12. The molecule has 2 aromatic heterocycles. The summed E-state index contributed by atoms with van der Waals surface area (Å²) in [5, 5.41) is 14.8. The predicted octanol–water partition coefficient (Wildman–Crippen LogP) is 3.46. The zero-order valence-electron chi connectivity index (χ0n) is 12.9. The van der Waals surface area contributed by atoms with Crippen LogP contribution in [0.4, 0.5) is 0 Å². The molecule has 0 radical (unpaired) electrons. The van der Waals surface area contributed by atoms with Crippen molar-refractivity contribution in [1.82, 2.24) is 19.5 Å². The van der Waals surface area contributed by atoms with E-state index in [-0.39, 0.29) is 11.9 Å². The molecule has 23 heavy (non-hydrogen) atoms. The molecular formula is C17H20N4OS. The first-order valence-electron chi connectivity index (χ1n) is 8.15. The van der Waals surface area contributed by atoms with E-state index in [9.17, 15) is 5.11 Å². The van der Waals surface area contributed by atoms with Crippen LogP contribution in [0.15, 0.2) is 36.7 Å². The highest BCUT2D eigenvalue weighted by atomic mass is 32.1. The van der Waals surface area contributed by atoms with E-state index in [1.807, 2.05) is 6.07 Å². The Kier molecular flexibility index (Phi) is 4.01. The Bertz CT molecular complexity index is 774. The van der Waals surface area contributed by atoms with Gasteiger partial charge in [-0.2, -0.15) is 9.61 Å². The van der Waals surface area contributed by atoms with Gasteiger partial charge in [0, 0.05) is 0 Å². The van der Waals surface area contributed by atoms with Crippen molar-refractivity contribution in [3.05, 3.63) is 47.1 Å². The van der Waals surface area contributed by atoms with Gasteiger partial charge in [0.25, 0.3) is 0 Å². The lowest BCUT2D eigenvalue weighted by Gasteiger charge is -2.30. The molecule has 1 aromatic carbocycles. The number of thiazole rings is 1. The fourth-order valence-corrected chi connectivity index (χ4v) is 4.48. The van der Waals surface area contributed by atoms with Crippen molar-refractivity contribution in [2.75, 3.05) is 13.1 Å². The average molecular weight is 328 g/mol. The number of fused-ring (bicyclic) bond motifs is 1. The van der Waals surface area contributed by atoms with Crippen molar-refractivity contribution in [2.45, 2.75) is 31.7 Å². The molecule has 6 heteroatoms. The summed E-state index contributed by atoms with van der Waals surface area (Å²) in [5.41, 5.74) is 1.22. The quantitative estimate of drug-likeness (QED) is 0.800. The second kappa shape index (κ2) is 6.29. The van der Waals surface area contributed by atoms with Crippen LogP contribution in [-0.2, 0) is 0 Å². The van der Waals surface area contributed by atoms with Gasteiger partial charge >= 0.3 is 0 Å². The van der Waals surface area contributed by atoms with Gasteiger partial charge < -0.3 is 5.11 Å². The van der Waals surface area contributed by atoms with E-state index in [1.54, 1.807) is 0 Å². The fourth-order valence-electron chi connectivity index (χ4n) is 3.39. The number of nitrogens with zero attached hydrogens (tertiary/aromatic N) is 4. The number of hydrogen-bond donors (Lipinski definition) is 1. The third-order valence-electron chi connectivity index (χ3n) is 4.51. The number of hydrogen-bond acceptors (Lipinski definition) is 5. The smallest absolute Gasteiger partial charge is 0.230 e.